The second kappa shape index (κ2) is 19.0. The minimum absolute atomic E-state index is 0.0243. The number of hydrogen-bond acceptors (Lipinski definition) is 2. The Labute approximate surface area is 256 Å². The normalized spacial score (nSPS) is 15.1. The van der Waals surface area contributed by atoms with Gasteiger partial charge in [0.1, 0.15) is 0 Å². The van der Waals surface area contributed by atoms with Crippen LogP contribution in [0.15, 0.2) is 106 Å². The molecule has 0 aliphatic heterocycles. The Hall–Kier alpha value is -3.26. The SMILES string of the molecule is CC(C)=CCCC(C)=CCCC(C)=CCCC(C)=CCCC(C)=CCCC(C)=CCC1=CC(=O)c2ccccc2C1=O. The van der Waals surface area contributed by atoms with Gasteiger partial charge in [0.15, 0.2) is 11.6 Å². The fourth-order valence-electron chi connectivity index (χ4n) is 5.09. The highest BCUT2D eigenvalue weighted by Crippen LogP contribution is 2.24. The van der Waals surface area contributed by atoms with Gasteiger partial charge in [-0.05, 0) is 125 Å². The van der Waals surface area contributed by atoms with Crippen molar-refractivity contribution in [3.05, 3.63) is 117 Å². The number of fused-ring (bicyclic) bond motifs is 1. The summed E-state index contributed by atoms with van der Waals surface area (Å²) in [4.78, 5) is 25.1. The van der Waals surface area contributed by atoms with Gasteiger partial charge in [0.05, 0.1) is 0 Å². The van der Waals surface area contributed by atoms with Crippen molar-refractivity contribution >= 4 is 11.6 Å². The number of carbonyl (C=O) groups excluding carboxylic acids is 2. The van der Waals surface area contributed by atoms with Crippen LogP contribution < -0.4 is 0 Å². The average Bonchev–Trinajstić information content (AvgIpc) is 2.94. The van der Waals surface area contributed by atoms with Gasteiger partial charge in [-0.2, -0.15) is 0 Å². The third-order valence-electron chi connectivity index (χ3n) is 7.92. The number of carbonyl (C=O) groups is 2. The molecule has 1 aromatic carbocycles. The minimum Gasteiger partial charge on any atom is -0.289 e. The Morgan fingerprint density at radius 2 is 0.905 bits per heavy atom. The number of allylic oxidation sites excluding steroid dienone is 14. The van der Waals surface area contributed by atoms with Crippen LogP contribution in [-0.2, 0) is 0 Å². The highest BCUT2D eigenvalue weighted by atomic mass is 16.1. The van der Waals surface area contributed by atoms with Crippen LogP contribution in [0.4, 0.5) is 0 Å². The van der Waals surface area contributed by atoms with Gasteiger partial charge in [0.2, 0.25) is 0 Å². The first-order chi connectivity index (χ1) is 20.1. The van der Waals surface area contributed by atoms with Crippen molar-refractivity contribution in [3.8, 4) is 0 Å². The second-order valence-corrected chi connectivity index (χ2v) is 12.3. The van der Waals surface area contributed by atoms with Crippen LogP contribution in [0.1, 0.15) is 140 Å². The van der Waals surface area contributed by atoms with Crippen LogP contribution in [0.2, 0.25) is 0 Å². The van der Waals surface area contributed by atoms with Crippen LogP contribution in [0.3, 0.4) is 0 Å². The van der Waals surface area contributed by atoms with Gasteiger partial charge in [0, 0.05) is 16.7 Å². The van der Waals surface area contributed by atoms with E-state index in [1.807, 2.05) is 6.07 Å². The summed E-state index contributed by atoms with van der Waals surface area (Å²) in [7, 11) is 0. The lowest BCUT2D eigenvalue weighted by Crippen LogP contribution is -2.16. The van der Waals surface area contributed by atoms with E-state index in [9.17, 15) is 9.59 Å². The second-order valence-electron chi connectivity index (χ2n) is 12.3. The van der Waals surface area contributed by atoms with E-state index < -0.39 is 0 Å². The molecule has 0 N–H and O–H groups in total. The zero-order valence-corrected chi connectivity index (χ0v) is 27.4. The Bertz CT molecular complexity index is 1280. The van der Waals surface area contributed by atoms with Crippen LogP contribution in [0, 0.1) is 0 Å². The van der Waals surface area contributed by atoms with Gasteiger partial charge in [-0.1, -0.05) is 94.2 Å². The molecule has 1 aromatic rings. The van der Waals surface area contributed by atoms with Gasteiger partial charge in [-0.3, -0.25) is 9.59 Å². The molecule has 2 heteroatoms. The Kier molecular flexibility index (Phi) is 15.8. The molecule has 0 unspecified atom stereocenters. The van der Waals surface area contributed by atoms with E-state index in [1.165, 1.54) is 45.9 Å². The lowest BCUT2D eigenvalue weighted by Gasteiger charge is -2.14. The molecule has 0 aromatic heterocycles. The molecule has 1 aliphatic carbocycles. The maximum atomic E-state index is 12.7. The Balaban J connectivity index is 1.65. The van der Waals surface area contributed by atoms with E-state index in [1.54, 1.807) is 18.2 Å². The molecule has 0 saturated heterocycles. The summed E-state index contributed by atoms with van der Waals surface area (Å²) in [5.74, 6) is -0.0932. The van der Waals surface area contributed by atoms with Gasteiger partial charge in [0.25, 0.3) is 0 Å². The summed E-state index contributed by atoms with van der Waals surface area (Å²) in [6.07, 6.45) is 27.1. The van der Waals surface area contributed by atoms with E-state index in [-0.39, 0.29) is 11.6 Å². The maximum absolute atomic E-state index is 12.7. The van der Waals surface area contributed by atoms with Gasteiger partial charge >= 0.3 is 0 Å². The van der Waals surface area contributed by atoms with Gasteiger partial charge in [-0.25, -0.2) is 0 Å². The van der Waals surface area contributed by atoms with Crippen molar-refractivity contribution in [2.45, 2.75) is 119 Å². The van der Waals surface area contributed by atoms with Crippen LogP contribution in [-0.4, -0.2) is 11.6 Å². The van der Waals surface area contributed by atoms with E-state index in [0.29, 0.717) is 23.1 Å². The molecular formula is C40H54O2. The predicted octanol–water partition coefficient (Wildman–Crippen LogP) is 12.0. The monoisotopic (exact) mass is 566 g/mol. The third-order valence-corrected chi connectivity index (χ3v) is 7.92. The predicted molar refractivity (Wildman–Crippen MR) is 182 cm³/mol. The fraction of sp³-hybridized carbons (Fsp3) is 0.450. The van der Waals surface area contributed by atoms with Crippen molar-refractivity contribution in [2.24, 2.45) is 0 Å². The lowest BCUT2D eigenvalue weighted by molar-refractivity contribution is 0.0983. The molecule has 0 amide bonds. The van der Waals surface area contributed by atoms with Crippen molar-refractivity contribution < 1.29 is 9.59 Å². The number of Topliss-reactive ketones (excluding diaryl/α,β-unsaturated/α-hetero) is 1. The van der Waals surface area contributed by atoms with Crippen molar-refractivity contribution in [1.82, 2.24) is 0 Å². The van der Waals surface area contributed by atoms with Crippen molar-refractivity contribution in [2.75, 3.05) is 0 Å². The molecule has 226 valence electrons. The molecule has 2 nitrogen and oxygen atoms in total. The van der Waals surface area contributed by atoms with Crippen LogP contribution in [0.5, 0.6) is 0 Å². The number of ketones is 2. The first-order valence-corrected chi connectivity index (χ1v) is 15.9. The molecule has 0 radical (unpaired) electrons. The van der Waals surface area contributed by atoms with Crippen molar-refractivity contribution in [3.63, 3.8) is 0 Å². The van der Waals surface area contributed by atoms with Crippen LogP contribution in [0.25, 0.3) is 0 Å². The topological polar surface area (TPSA) is 34.1 Å². The van der Waals surface area contributed by atoms with Crippen molar-refractivity contribution in [1.29, 1.82) is 0 Å². The smallest absolute Gasteiger partial charge is 0.190 e. The van der Waals surface area contributed by atoms with Gasteiger partial charge < -0.3 is 0 Å². The van der Waals surface area contributed by atoms with E-state index in [0.717, 1.165) is 57.8 Å². The van der Waals surface area contributed by atoms with E-state index >= 15 is 0 Å². The van der Waals surface area contributed by atoms with Gasteiger partial charge in [-0.15, -0.1) is 0 Å². The number of benzene rings is 1. The molecular weight excluding hydrogens is 512 g/mol. The highest BCUT2D eigenvalue weighted by molar-refractivity contribution is 6.24. The molecule has 0 spiro atoms. The summed E-state index contributed by atoms with van der Waals surface area (Å²) in [5, 5.41) is 0. The Morgan fingerprint density at radius 3 is 1.33 bits per heavy atom. The summed E-state index contributed by atoms with van der Waals surface area (Å²) in [6.45, 7) is 15.4. The summed E-state index contributed by atoms with van der Waals surface area (Å²) < 4.78 is 0. The first kappa shape index (κ1) is 34.9. The fourth-order valence-corrected chi connectivity index (χ4v) is 5.09. The quantitative estimate of drug-likeness (QED) is 0.176. The molecule has 0 atom stereocenters. The third kappa shape index (κ3) is 13.6. The summed E-state index contributed by atoms with van der Waals surface area (Å²) >= 11 is 0. The highest BCUT2D eigenvalue weighted by Gasteiger charge is 2.24. The molecule has 0 bridgehead atoms. The molecule has 1 aliphatic rings. The molecule has 42 heavy (non-hydrogen) atoms. The summed E-state index contributed by atoms with van der Waals surface area (Å²) in [5.41, 5.74) is 10.2. The number of hydrogen-bond donors (Lipinski definition) is 0. The lowest BCUT2D eigenvalue weighted by atomic mass is 9.88. The molecule has 0 fully saturated rings. The standard InChI is InChI=1S/C40H54O2/c1-30(2)15-10-16-31(3)17-11-18-32(4)19-12-20-33(5)21-13-22-34(6)23-14-24-35(7)27-28-36-29-39(41)37-25-8-9-26-38(37)40(36)42/h8-9,15,17,19,21,23,25-27,29H,10-14,16,18,20,22,24,28H2,1-7H3. The maximum Gasteiger partial charge on any atom is 0.190 e. The van der Waals surface area contributed by atoms with E-state index in [4.69, 9.17) is 0 Å². The number of rotatable bonds is 17. The minimum atomic E-state index is -0.0689. The van der Waals surface area contributed by atoms with Crippen LogP contribution >= 0.6 is 0 Å². The zero-order valence-electron chi connectivity index (χ0n) is 27.4. The molecule has 0 heterocycles. The van der Waals surface area contributed by atoms with E-state index in [2.05, 4.69) is 84.9 Å². The Morgan fingerprint density at radius 1 is 0.524 bits per heavy atom. The largest absolute Gasteiger partial charge is 0.289 e. The molecule has 0 saturated carbocycles. The zero-order chi connectivity index (χ0) is 30.9. The molecule has 2 rings (SSSR count). The first-order valence-electron chi connectivity index (χ1n) is 15.9. The summed E-state index contributed by atoms with van der Waals surface area (Å²) in [6, 6.07) is 7.09. The average molecular weight is 567 g/mol.